The first kappa shape index (κ1) is 30.0. The number of benzene rings is 1. The van der Waals surface area contributed by atoms with Crippen LogP contribution < -0.4 is 15.4 Å². The van der Waals surface area contributed by atoms with Gasteiger partial charge in [0.05, 0.1) is 11.8 Å². The number of hydrogen-bond donors (Lipinski definition) is 1. The lowest BCUT2D eigenvalue weighted by Crippen LogP contribution is -2.72. The highest BCUT2D eigenvalue weighted by Crippen LogP contribution is 2.44. The van der Waals surface area contributed by atoms with E-state index in [0.29, 0.717) is 17.5 Å². The van der Waals surface area contributed by atoms with E-state index in [1.807, 2.05) is 27.7 Å². The standard InChI is InChI=1S/C31H43FN6O4/c1-20(2)38(21(3)4)29(39)25-13-23(32)7-10-26(25)42-27-14-34-19-35-28(27)37-17-31(18-37)15-36(16-31)12-11-22-5-8-24(9-6-22)41-30(33)40/h7,10,13-14,19-22,24H,5-6,8-9,11-12,15-18H2,1-4H3,(H2,33,40)/t22-,24-. The van der Waals surface area contributed by atoms with Crippen LogP contribution in [-0.2, 0) is 4.74 Å². The molecule has 11 heteroatoms. The summed E-state index contributed by atoms with van der Waals surface area (Å²) in [5.41, 5.74) is 5.58. The molecule has 5 rings (SSSR count). The molecule has 2 N–H and O–H groups in total. The Morgan fingerprint density at radius 3 is 2.40 bits per heavy atom. The summed E-state index contributed by atoms with van der Waals surface area (Å²) in [6.45, 7) is 12.7. The van der Waals surface area contributed by atoms with E-state index in [0.717, 1.165) is 64.8 Å². The number of amides is 2. The second kappa shape index (κ2) is 12.4. The van der Waals surface area contributed by atoms with Crippen molar-refractivity contribution in [3.8, 4) is 11.5 Å². The van der Waals surface area contributed by atoms with Gasteiger partial charge < -0.3 is 29.9 Å². The Kier molecular flexibility index (Phi) is 8.86. The molecule has 3 aliphatic rings. The molecule has 1 saturated carbocycles. The van der Waals surface area contributed by atoms with E-state index in [1.165, 1.54) is 24.5 Å². The number of ether oxygens (including phenoxy) is 2. The first-order valence-corrected chi connectivity index (χ1v) is 15.1. The molecule has 3 fully saturated rings. The maximum atomic E-state index is 14.3. The molecule has 0 atom stereocenters. The molecule has 2 amide bonds. The fourth-order valence-corrected chi connectivity index (χ4v) is 6.94. The van der Waals surface area contributed by atoms with Gasteiger partial charge in [-0.05, 0) is 90.5 Å². The Balaban J connectivity index is 1.16. The highest BCUT2D eigenvalue weighted by Gasteiger charge is 2.52. The van der Waals surface area contributed by atoms with E-state index >= 15 is 0 Å². The number of nitrogens with zero attached hydrogens (tertiary/aromatic N) is 5. The lowest BCUT2D eigenvalue weighted by atomic mass is 9.72. The maximum absolute atomic E-state index is 14.3. The predicted octanol–water partition coefficient (Wildman–Crippen LogP) is 4.83. The Hall–Kier alpha value is -3.47. The molecule has 3 heterocycles. The van der Waals surface area contributed by atoms with Crippen LogP contribution in [0, 0.1) is 17.2 Å². The molecule has 0 radical (unpaired) electrons. The van der Waals surface area contributed by atoms with Gasteiger partial charge in [0.15, 0.2) is 11.6 Å². The van der Waals surface area contributed by atoms with Gasteiger partial charge in [-0.15, -0.1) is 0 Å². The third-order valence-corrected chi connectivity index (χ3v) is 8.80. The van der Waals surface area contributed by atoms with Crippen molar-refractivity contribution >= 4 is 17.8 Å². The van der Waals surface area contributed by atoms with Gasteiger partial charge in [0.25, 0.3) is 5.91 Å². The molecular formula is C31H43FN6O4. The van der Waals surface area contributed by atoms with Crippen molar-refractivity contribution in [2.24, 2.45) is 17.1 Å². The van der Waals surface area contributed by atoms with Gasteiger partial charge in [-0.3, -0.25) is 4.79 Å². The predicted molar refractivity (Wildman–Crippen MR) is 157 cm³/mol. The minimum Gasteiger partial charge on any atom is -0.451 e. The van der Waals surface area contributed by atoms with Gasteiger partial charge in [-0.1, -0.05) is 0 Å². The molecule has 228 valence electrons. The maximum Gasteiger partial charge on any atom is 0.404 e. The van der Waals surface area contributed by atoms with Crippen molar-refractivity contribution in [1.82, 2.24) is 19.8 Å². The highest BCUT2D eigenvalue weighted by atomic mass is 19.1. The Labute approximate surface area is 247 Å². The van der Waals surface area contributed by atoms with Gasteiger partial charge in [0.1, 0.15) is 24.0 Å². The van der Waals surface area contributed by atoms with E-state index in [-0.39, 0.29) is 40.8 Å². The van der Waals surface area contributed by atoms with Crippen molar-refractivity contribution in [3.63, 3.8) is 0 Å². The highest BCUT2D eigenvalue weighted by molar-refractivity contribution is 5.97. The first-order chi connectivity index (χ1) is 20.0. The molecule has 0 unspecified atom stereocenters. The van der Waals surface area contributed by atoms with Crippen molar-refractivity contribution in [3.05, 3.63) is 42.1 Å². The van der Waals surface area contributed by atoms with Crippen LogP contribution in [0.5, 0.6) is 11.5 Å². The average Bonchev–Trinajstić information content (AvgIpc) is 2.88. The largest absolute Gasteiger partial charge is 0.451 e. The van der Waals surface area contributed by atoms with Crippen molar-refractivity contribution in [2.45, 2.75) is 78.0 Å². The fourth-order valence-electron chi connectivity index (χ4n) is 6.94. The third kappa shape index (κ3) is 6.61. The number of primary amides is 1. The zero-order valence-corrected chi connectivity index (χ0v) is 25.1. The number of aromatic nitrogens is 2. The topological polar surface area (TPSA) is 114 Å². The molecule has 42 heavy (non-hydrogen) atoms. The number of carbonyl (C=O) groups excluding carboxylic acids is 2. The van der Waals surface area contributed by atoms with Crippen LogP contribution in [0.3, 0.4) is 0 Å². The van der Waals surface area contributed by atoms with Crippen LogP contribution in [0.1, 0.15) is 70.2 Å². The molecule has 10 nitrogen and oxygen atoms in total. The summed E-state index contributed by atoms with van der Waals surface area (Å²) in [5.74, 6) is 1.30. The summed E-state index contributed by atoms with van der Waals surface area (Å²) >= 11 is 0. The van der Waals surface area contributed by atoms with Crippen LogP contribution in [0.15, 0.2) is 30.7 Å². The minimum absolute atomic E-state index is 0.0208. The third-order valence-electron chi connectivity index (χ3n) is 8.80. The van der Waals surface area contributed by atoms with Crippen molar-refractivity contribution < 1.29 is 23.5 Å². The Bertz CT molecular complexity index is 1260. The number of anilines is 1. The van der Waals surface area contributed by atoms with E-state index in [1.54, 1.807) is 11.1 Å². The van der Waals surface area contributed by atoms with Crippen LogP contribution in [0.2, 0.25) is 0 Å². The zero-order chi connectivity index (χ0) is 30.0. The summed E-state index contributed by atoms with van der Waals surface area (Å²) in [6.07, 6.45) is 7.53. The average molecular weight is 583 g/mol. The van der Waals surface area contributed by atoms with Gasteiger partial charge in [0, 0.05) is 43.7 Å². The Morgan fingerprint density at radius 2 is 1.76 bits per heavy atom. The minimum atomic E-state index is -0.672. The van der Waals surface area contributed by atoms with Crippen LogP contribution >= 0.6 is 0 Å². The number of likely N-dealkylation sites (tertiary alicyclic amines) is 1. The summed E-state index contributed by atoms with van der Waals surface area (Å²) in [5, 5.41) is 0. The van der Waals surface area contributed by atoms with Crippen LogP contribution in [-0.4, -0.2) is 82.7 Å². The summed E-state index contributed by atoms with van der Waals surface area (Å²) in [7, 11) is 0. The van der Waals surface area contributed by atoms with E-state index in [4.69, 9.17) is 15.2 Å². The molecule has 1 aromatic carbocycles. The molecule has 0 bridgehead atoms. The number of halogens is 1. The summed E-state index contributed by atoms with van der Waals surface area (Å²) < 4.78 is 25.7. The second-order valence-electron chi connectivity index (χ2n) is 12.8. The van der Waals surface area contributed by atoms with Gasteiger partial charge in [0.2, 0.25) is 0 Å². The number of rotatable bonds is 10. The van der Waals surface area contributed by atoms with Gasteiger partial charge >= 0.3 is 6.09 Å². The van der Waals surface area contributed by atoms with E-state index < -0.39 is 11.9 Å². The molecule has 2 saturated heterocycles. The quantitative estimate of drug-likeness (QED) is 0.424. The monoisotopic (exact) mass is 582 g/mol. The normalized spacial score (nSPS) is 21.6. The van der Waals surface area contributed by atoms with Crippen molar-refractivity contribution in [2.75, 3.05) is 37.6 Å². The molecule has 1 aliphatic carbocycles. The van der Waals surface area contributed by atoms with E-state index in [9.17, 15) is 14.0 Å². The lowest BCUT2D eigenvalue weighted by molar-refractivity contribution is -0.0268. The number of hydrogen-bond acceptors (Lipinski definition) is 8. The van der Waals surface area contributed by atoms with Gasteiger partial charge in [-0.25, -0.2) is 19.2 Å². The summed E-state index contributed by atoms with van der Waals surface area (Å²) in [6, 6.07) is 3.92. The molecule has 2 aromatic rings. The zero-order valence-electron chi connectivity index (χ0n) is 25.1. The SMILES string of the molecule is CC(C)N(C(=O)c1cc(F)ccc1Oc1cncnc1N1CC2(CN(CC[C@H]3CC[C@H](OC(N)=O)CC3)C2)C1)C(C)C. The van der Waals surface area contributed by atoms with Crippen LogP contribution in [0.25, 0.3) is 0 Å². The molecule has 1 aromatic heterocycles. The molecule has 2 aliphatic heterocycles. The van der Waals surface area contributed by atoms with E-state index in [2.05, 4.69) is 19.8 Å². The second-order valence-corrected chi connectivity index (χ2v) is 12.8. The molecule has 1 spiro atoms. The smallest absolute Gasteiger partial charge is 0.404 e. The number of nitrogens with two attached hydrogens (primary N) is 1. The van der Waals surface area contributed by atoms with Crippen molar-refractivity contribution in [1.29, 1.82) is 0 Å². The lowest BCUT2D eigenvalue weighted by Gasteiger charge is -2.61. The fraction of sp³-hybridized carbons (Fsp3) is 0.613. The summed E-state index contributed by atoms with van der Waals surface area (Å²) in [4.78, 5) is 39.5. The van der Waals surface area contributed by atoms with Crippen LogP contribution in [0.4, 0.5) is 15.0 Å². The first-order valence-electron chi connectivity index (χ1n) is 15.1. The molecular weight excluding hydrogens is 539 g/mol. The van der Waals surface area contributed by atoms with Gasteiger partial charge in [-0.2, -0.15) is 0 Å². The number of carbonyl (C=O) groups is 2. The Morgan fingerprint density at radius 1 is 1.07 bits per heavy atom.